The molecule has 30 heavy (non-hydrogen) atoms. The Hall–Kier alpha value is -3.35. The maximum absolute atomic E-state index is 13.4. The highest BCUT2D eigenvalue weighted by molar-refractivity contribution is 6.08. The molecular formula is C23H23FN2O4. The highest BCUT2D eigenvalue weighted by Crippen LogP contribution is 2.35. The zero-order valence-electron chi connectivity index (χ0n) is 16.7. The van der Waals surface area contributed by atoms with Crippen molar-refractivity contribution in [3.05, 3.63) is 54.0 Å². The second kappa shape index (κ2) is 8.57. The molecule has 0 bridgehead atoms. The summed E-state index contributed by atoms with van der Waals surface area (Å²) in [4.78, 5) is 25.2. The number of hydrogen-bond donors (Lipinski definition) is 2. The first kappa shape index (κ1) is 19.9. The van der Waals surface area contributed by atoms with Gasteiger partial charge in [0.05, 0.1) is 12.5 Å². The molecule has 1 aliphatic carbocycles. The van der Waals surface area contributed by atoms with E-state index in [1.54, 1.807) is 24.3 Å². The number of nitrogens with one attached hydrogen (secondary N) is 2. The summed E-state index contributed by atoms with van der Waals surface area (Å²) >= 11 is 0. The van der Waals surface area contributed by atoms with Crippen molar-refractivity contribution >= 4 is 34.2 Å². The van der Waals surface area contributed by atoms with Crippen molar-refractivity contribution in [2.24, 2.45) is 5.92 Å². The molecule has 1 fully saturated rings. The Kier molecular flexibility index (Phi) is 5.70. The van der Waals surface area contributed by atoms with E-state index in [4.69, 9.17) is 9.15 Å². The molecule has 1 aromatic heterocycles. The number of furan rings is 1. The van der Waals surface area contributed by atoms with Crippen LogP contribution in [0.4, 0.5) is 15.8 Å². The largest absolute Gasteiger partial charge is 0.492 e. The lowest BCUT2D eigenvalue weighted by molar-refractivity contribution is -0.120. The molecule has 2 N–H and O–H groups in total. The number of benzene rings is 2. The van der Waals surface area contributed by atoms with Crippen molar-refractivity contribution in [1.29, 1.82) is 0 Å². The standard InChI is InChI=1S/C23H23FN2O4/c1-29-20-18-13-17(25-22(27)14-6-3-2-4-7-14)10-11-19(18)30-21(20)23(28)26-16-9-5-8-15(24)12-16/h5,8-14H,2-4,6-7H2,1H3,(H,25,27)(H,26,28). The summed E-state index contributed by atoms with van der Waals surface area (Å²) in [6.07, 6.45) is 5.16. The molecule has 6 nitrogen and oxygen atoms in total. The molecule has 1 aliphatic rings. The van der Waals surface area contributed by atoms with Gasteiger partial charge in [-0.2, -0.15) is 0 Å². The van der Waals surface area contributed by atoms with Crippen LogP contribution in [0.2, 0.25) is 0 Å². The van der Waals surface area contributed by atoms with Gasteiger partial charge in [-0.15, -0.1) is 0 Å². The first-order valence-electron chi connectivity index (χ1n) is 10.0. The van der Waals surface area contributed by atoms with E-state index in [0.29, 0.717) is 22.3 Å². The van der Waals surface area contributed by atoms with Crippen molar-refractivity contribution in [3.63, 3.8) is 0 Å². The van der Waals surface area contributed by atoms with Gasteiger partial charge in [-0.05, 0) is 49.2 Å². The number of carbonyl (C=O) groups is 2. The predicted octanol–water partition coefficient (Wildman–Crippen LogP) is 5.35. The molecule has 0 atom stereocenters. The van der Waals surface area contributed by atoms with Crippen molar-refractivity contribution in [2.75, 3.05) is 17.7 Å². The number of ether oxygens (including phenoxy) is 1. The lowest BCUT2D eigenvalue weighted by Crippen LogP contribution is -2.24. The lowest BCUT2D eigenvalue weighted by atomic mass is 9.88. The number of carbonyl (C=O) groups excluding carboxylic acids is 2. The second-order valence-electron chi connectivity index (χ2n) is 7.46. The van der Waals surface area contributed by atoms with Gasteiger partial charge in [-0.25, -0.2) is 4.39 Å². The number of hydrogen-bond acceptors (Lipinski definition) is 4. The van der Waals surface area contributed by atoms with Gasteiger partial charge in [0.15, 0.2) is 5.75 Å². The van der Waals surface area contributed by atoms with E-state index in [9.17, 15) is 14.0 Å². The Morgan fingerprint density at radius 3 is 2.53 bits per heavy atom. The topological polar surface area (TPSA) is 80.6 Å². The van der Waals surface area contributed by atoms with Crippen molar-refractivity contribution in [1.82, 2.24) is 0 Å². The number of anilines is 2. The minimum absolute atomic E-state index is 0.0144. The predicted molar refractivity (Wildman–Crippen MR) is 112 cm³/mol. The van der Waals surface area contributed by atoms with Crippen LogP contribution < -0.4 is 15.4 Å². The summed E-state index contributed by atoms with van der Waals surface area (Å²) in [5.74, 6) is -0.724. The summed E-state index contributed by atoms with van der Waals surface area (Å²) < 4.78 is 24.5. The number of halogens is 1. The van der Waals surface area contributed by atoms with Crippen LogP contribution in [-0.4, -0.2) is 18.9 Å². The normalized spacial score (nSPS) is 14.5. The van der Waals surface area contributed by atoms with E-state index in [2.05, 4.69) is 10.6 Å². The molecule has 2 aromatic carbocycles. The molecule has 0 radical (unpaired) electrons. The Balaban J connectivity index is 1.58. The van der Waals surface area contributed by atoms with Gasteiger partial charge < -0.3 is 19.8 Å². The van der Waals surface area contributed by atoms with Gasteiger partial charge in [-0.3, -0.25) is 9.59 Å². The molecular weight excluding hydrogens is 387 g/mol. The smallest absolute Gasteiger partial charge is 0.295 e. The molecule has 1 heterocycles. The zero-order valence-corrected chi connectivity index (χ0v) is 16.7. The quantitative estimate of drug-likeness (QED) is 0.594. The van der Waals surface area contributed by atoms with Crippen LogP contribution in [0.15, 0.2) is 46.9 Å². The number of methoxy groups -OCH3 is 1. The number of amides is 2. The highest BCUT2D eigenvalue weighted by Gasteiger charge is 2.24. The van der Waals surface area contributed by atoms with Crippen molar-refractivity contribution in [3.8, 4) is 5.75 Å². The third kappa shape index (κ3) is 4.15. The third-order valence-corrected chi connectivity index (χ3v) is 5.38. The average Bonchev–Trinajstić information content (AvgIpc) is 3.12. The van der Waals surface area contributed by atoms with Gasteiger partial charge >= 0.3 is 0 Å². The molecule has 0 spiro atoms. The Labute approximate surface area is 173 Å². The van der Waals surface area contributed by atoms with Gasteiger partial charge in [0.1, 0.15) is 11.4 Å². The maximum atomic E-state index is 13.4. The summed E-state index contributed by atoms with van der Waals surface area (Å²) in [5, 5.41) is 6.14. The maximum Gasteiger partial charge on any atom is 0.295 e. The van der Waals surface area contributed by atoms with Gasteiger partial charge in [-0.1, -0.05) is 25.3 Å². The third-order valence-electron chi connectivity index (χ3n) is 5.38. The summed E-state index contributed by atoms with van der Waals surface area (Å²) in [6.45, 7) is 0. The van der Waals surface area contributed by atoms with E-state index in [0.717, 1.165) is 25.7 Å². The Morgan fingerprint density at radius 1 is 1.03 bits per heavy atom. The van der Waals surface area contributed by atoms with E-state index in [1.807, 2.05) is 0 Å². The van der Waals surface area contributed by atoms with Crippen LogP contribution in [0.25, 0.3) is 11.0 Å². The molecule has 3 aromatic rings. The van der Waals surface area contributed by atoms with Gasteiger partial charge in [0.25, 0.3) is 5.91 Å². The molecule has 4 rings (SSSR count). The molecule has 0 saturated heterocycles. The van der Waals surface area contributed by atoms with Gasteiger partial charge in [0.2, 0.25) is 11.7 Å². The summed E-state index contributed by atoms with van der Waals surface area (Å²) in [5.41, 5.74) is 1.38. The number of fused-ring (bicyclic) bond motifs is 1. The minimum Gasteiger partial charge on any atom is -0.492 e. The average molecular weight is 410 g/mol. The molecule has 7 heteroatoms. The molecule has 1 saturated carbocycles. The Bertz CT molecular complexity index is 1090. The Morgan fingerprint density at radius 2 is 1.80 bits per heavy atom. The van der Waals surface area contributed by atoms with E-state index in [-0.39, 0.29) is 23.3 Å². The van der Waals surface area contributed by atoms with Crippen LogP contribution in [0, 0.1) is 11.7 Å². The molecule has 2 amide bonds. The van der Waals surface area contributed by atoms with Crippen LogP contribution >= 0.6 is 0 Å². The highest BCUT2D eigenvalue weighted by atomic mass is 19.1. The monoisotopic (exact) mass is 410 g/mol. The fourth-order valence-electron chi connectivity index (χ4n) is 3.87. The van der Waals surface area contributed by atoms with E-state index in [1.165, 1.54) is 31.7 Å². The lowest BCUT2D eigenvalue weighted by Gasteiger charge is -2.20. The van der Waals surface area contributed by atoms with E-state index < -0.39 is 11.7 Å². The first-order chi connectivity index (χ1) is 14.5. The minimum atomic E-state index is -0.554. The molecule has 156 valence electrons. The second-order valence-corrected chi connectivity index (χ2v) is 7.46. The van der Waals surface area contributed by atoms with Crippen molar-refractivity contribution < 1.29 is 23.1 Å². The molecule has 0 aliphatic heterocycles. The molecule has 0 unspecified atom stereocenters. The van der Waals surface area contributed by atoms with Gasteiger partial charge in [0, 0.05) is 17.3 Å². The first-order valence-corrected chi connectivity index (χ1v) is 10.0. The summed E-state index contributed by atoms with van der Waals surface area (Å²) in [6, 6.07) is 10.7. The zero-order chi connectivity index (χ0) is 21.1. The van der Waals surface area contributed by atoms with Crippen LogP contribution in [0.1, 0.15) is 42.7 Å². The van der Waals surface area contributed by atoms with Crippen LogP contribution in [0.3, 0.4) is 0 Å². The summed E-state index contributed by atoms with van der Waals surface area (Å²) in [7, 11) is 1.44. The fourth-order valence-corrected chi connectivity index (χ4v) is 3.87. The number of rotatable bonds is 5. The van der Waals surface area contributed by atoms with Crippen LogP contribution in [-0.2, 0) is 4.79 Å². The SMILES string of the molecule is COc1c(C(=O)Nc2cccc(F)c2)oc2ccc(NC(=O)C3CCCCC3)cc12. The van der Waals surface area contributed by atoms with E-state index >= 15 is 0 Å². The fraction of sp³-hybridized carbons (Fsp3) is 0.304. The van der Waals surface area contributed by atoms with Crippen LogP contribution in [0.5, 0.6) is 5.75 Å². The van der Waals surface area contributed by atoms with Crippen molar-refractivity contribution in [2.45, 2.75) is 32.1 Å².